The van der Waals surface area contributed by atoms with Crippen LogP contribution in [0.3, 0.4) is 0 Å². The molecule has 2 aromatic rings. The van der Waals surface area contributed by atoms with Crippen LogP contribution < -0.4 is 0 Å². The zero-order valence-corrected chi connectivity index (χ0v) is 11.3. The molecule has 0 bridgehead atoms. The third-order valence-corrected chi connectivity index (χ3v) is 2.72. The van der Waals surface area contributed by atoms with Crippen LogP contribution in [0, 0.1) is 11.6 Å². The van der Waals surface area contributed by atoms with Crippen LogP contribution in [-0.4, -0.2) is 23.4 Å². The van der Waals surface area contributed by atoms with Crippen LogP contribution >= 0.6 is 0 Å². The van der Waals surface area contributed by atoms with Gasteiger partial charge in [0, 0.05) is 18.8 Å². The summed E-state index contributed by atoms with van der Waals surface area (Å²) in [6, 6.07) is 5.56. The van der Waals surface area contributed by atoms with Gasteiger partial charge in [0.15, 0.2) is 17.9 Å². The summed E-state index contributed by atoms with van der Waals surface area (Å²) in [6.07, 6.45) is -0.595. The predicted molar refractivity (Wildman–Crippen MR) is 69.9 cm³/mol. The number of benzene rings is 1. The van der Waals surface area contributed by atoms with Crippen molar-refractivity contribution < 1.29 is 18.3 Å². The monoisotopic (exact) mass is 282 g/mol. The van der Waals surface area contributed by atoms with E-state index in [2.05, 4.69) is 10.2 Å². The Kier molecular flexibility index (Phi) is 4.81. The molecule has 0 unspecified atom stereocenters. The second kappa shape index (κ2) is 6.58. The fourth-order valence-electron chi connectivity index (χ4n) is 1.83. The van der Waals surface area contributed by atoms with Gasteiger partial charge in [0.1, 0.15) is 0 Å². The number of rotatable bonds is 6. The molecule has 1 aromatic heterocycles. The number of hydrogen-bond acceptors (Lipinski definition) is 3. The van der Waals surface area contributed by atoms with Crippen molar-refractivity contribution in [3.05, 3.63) is 41.6 Å². The zero-order chi connectivity index (χ0) is 14.5. The van der Waals surface area contributed by atoms with Crippen LogP contribution in [0.25, 0.3) is 11.3 Å². The Morgan fingerprint density at radius 3 is 2.55 bits per heavy atom. The van der Waals surface area contributed by atoms with Gasteiger partial charge in [-0.3, -0.25) is 5.10 Å². The van der Waals surface area contributed by atoms with Gasteiger partial charge in [0.2, 0.25) is 0 Å². The van der Waals surface area contributed by atoms with E-state index in [1.54, 1.807) is 6.07 Å². The number of nitrogens with one attached hydrogen (secondary N) is 1. The maximum atomic E-state index is 13.7. The van der Waals surface area contributed by atoms with E-state index < -0.39 is 17.9 Å². The molecule has 108 valence electrons. The van der Waals surface area contributed by atoms with E-state index in [0.717, 1.165) is 6.07 Å². The number of aromatic amines is 1. The minimum absolute atomic E-state index is 0.0965. The van der Waals surface area contributed by atoms with E-state index in [-0.39, 0.29) is 5.56 Å². The lowest BCUT2D eigenvalue weighted by atomic mass is 10.1. The van der Waals surface area contributed by atoms with Crippen molar-refractivity contribution in [3.8, 4) is 11.3 Å². The van der Waals surface area contributed by atoms with Gasteiger partial charge in [-0.05, 0) is 32.0 Å². The van der Waals surface area contributed by atoms with Crippen LogP contribution in [-0.2, 0) is 9.47 Å². The summed E-state index contributed by atoms with van der Waals surface area (Å²) in [5, 5.41) is 6.71. The topological polar surface area (TPSA) is 47.1 Å². The second-order valence-electron chi connectivity index (χ2n) is 4.05. The molecule has 20 heavy (non-hydrogen) atoms. The van der Waals surface area contributed by atoms with Crippen LogP contribution in [0.1, 0.15) is 25.8 Å². The number of aromatic nitrogens is 2. The van der Waals surface area contributed by atoms with Crippen molar-refractivity contribution in [3.63, 3.8) is 0 Å². The zero-order valence-electron chi connectivity index (χ0n) is 11.3. The van der Waals surface area contributed by atoms with E-state index in [0.29, 0.717) is 24.6 Å². The van der Waals surface area contributed by atoms with Crippen molar-refractivity contribution in [1.82, 2.24) is 10.2 Å². The Hall–Kier alpha value is -1.79. The Balaban J connectivity index is 2.30. The van der Waals surface area contributed by atoms with Gasteiger partial charge in [0.25, 0.3) is 0 Å². The lowest BCUT2D eigenvalue weighted by Crippen LogP contribution is -2.09. The molecule has 0 saturated carbocycles. The molecule has 0 saturated heterocycles. The average molecular weight is 282 g/mol. The van der Waals surface area contributed by atoms with Crippen LogP contribution in [0.4, 0.5) is 8.78 Å². The van der Waals surface area contributed by atoms with E-state index in [1.165, 1.54) is 12.1 Å². The fourth-order valence-corrected chi connectivity index (χ4v) is 1.83. The molecule has 1 aromatic carbocycles. The Bertz CT molecular complexity index is 566. The molecule has 0 aliphatic rings. The van der Waals surface area contributed by atoms with E-state index in [9.17, 15) is 8.78 Å². The van der Waals surface area contributed by atoms with Gasteiger partial charge in [-0.2, -0.15) is 5.10 Å². The second-order valence-corrected chi connectivity index (χ2v) is 4.05. The highest BCUT2D eigenvalue weighted by Crippen LogP contribution is 2.26. The summed E-state index contributed by atoms with van der Waals surface area (Å²) in [7, 11) is 0. The highest BCUT2D eigenvalue weighted by Gasteiger charge is 2.17. The number of ether oxygens (including phenoxy) is 2. The van der Waals surface area contributed by atoms with Gasteiger partial charge in [-0.25, -0.2) is 8.78 Å². The van der Waals surface area contributed by atoms with E-state index >= 15 is 0 Å². The molecule has 0 aliphatic carbocycles. The molecular weight excluding hydrogens is 266 g/mol. The molecule has 0 atom stereocenters. The smallest absolute Gasteiger partial charge is 0.200 e. The SMILES string of the molecule is CCOC(OCC)c1cc(-c2cccc(F)c2F)n[nH]1. The first-order valence-corrected chi connectivity index (χ1v) is 6.40. The van der Waals surface area contributed by atoms with Gasteiger partial charge in [-0.15, -0.1) is 0 Å². The molecule has 0 amide bonds. The van der Waals surface area contributed by atoms with Crippen molar-refractivity contribution in [2.24, 2.45) is 0 Å². The third kappa shape index (κ3) is 3.02. The first-order chi connectivity index (χ1) is 9.67. The summed E-state index contributed by atoms with van der Waals surface area (Å²) in [4.78, 5) is 0. The van der Waals surface area contributed by atoms with Crippen molar-refractivity contribution in [2.45, 2.75) is 20.1 Å². The third-order valence-electron chi connectivity index (χ3n) is 2.72. The predicted octanol–water partition coefficient (Wildman–Crippen LogP) is 3.43. The maximum absolute atomic E-state index is 13.7. The standard InChI is InChI=1S/C14H16F2N2O2/c1-3-19-14(20-4-2)12-8-11(17-18-12)9-6-5-7-10(15)13(9)16/h5-8,14H,3-4H2,1-2H3,(H,17,18). The summed E-state index contributed by atoms with van der Waals surface area (Å²) >= 11 is 0. The molecule has 4 nitrogen and oxygen atoms in total. The first-order valence-electron chi connectivity index (χ1n) is 6.40. The summed E-state index contributed by atoms with van der Waals surface area (Å²) in [6.45, 7) is 4.62. The summed E-state index contributed by atoms with van der Waals surface area (Å²) in [5.74, 6) is -1.83. The minimum atomic E-state index is -0.921. The highest BCUT2D eigenvalue weighted by molar-refractivity contribution is 5.60. The molecule has 0 fully saturated rings. The Morgan fingerprint density at radius 2 is 1.90 bits per heavy atom. The van der Waals surface area contributed by atoms with Crippen LogP contribution in [0.5, 0.6) is 0 Å². The highest BCUT2D eigenvalue weighted by atomic mass is 19.2. The molecule has 1 N–H and O–H groups in total. The average Bonchev–Trinajstić information content (AvgIpc) is 2.91. The number of hydrogen-bond donors (Lipinski definition) is 1. The lowest BCUT2D eigenvalue weighted by Gasteiger charge is -2.14. The number of nitrogens with zero attached hydrogens (tertiary/aromatic N) is 1. The van der Waals surface area contributed by atoms with E-state index in [4.69, 9.17) is 9.47 Å². The van der Waals surface area contributed by atoms with Gasteiger partial charge in [0.05, 0.1) is 11.4 Å². The largest absolute Gasteiger partial charge is 0.347 e. The summed E-state index contributed by atoms with van der Waals surface area (Å²) in [5.41, 5.74) is 0.966. The van der Waals surface area contributed by atoms with Gasteiger partial charge in [-0.1, -0.05) is 6.07 Å². The molecule has 1 heterocycles. The van der Waals surface area contributed by atoms with Crippen molar-refractivity contribution >= 4 is 0 Å². The Labute approximate surface area is 115 Å². The lowest BCUT2D eigenvalue weighted by molar-refractivity contribution is -0.142. The molecular formula is C14H16F2N2O2. The number of halogens is 2. The molecule has 6 heteroatoms. The maximum Gasteiger partial charge on any atom is 0.200 e. The normalized spacial score (nSPS) is 11.2. The first kappa shape index (κ1) is 14.6. The van der Waals surface area contributed by atoms with Gasteiger partial charge < -0.3 is 9.47 Å². The van der Waals surface area contributed by atoms with Crippen LogP contribution in [0.15, 0.2) is 24.3 Å². The quantitative estimate of drug-likeness (QED) is 0.826. The molecule has 2 rings (SSSR count). The molecule has 0 spiro atoms. The summed E-state index contributed by atoms with van der Waals surface area (Å²) < 4.78 is 37.7. The number of H-pyrrole nitrogens is 1. The molecule has 0 aliphatic heterocycles. The van der Waals surface area contributed by atoms with Crippen molar-refractivity contribution in [1.29, 1.82) is 0 Å². The Morgan fingerprint density at radius 1 is 1.20 bits per heavy atom. The van der Waals surface area contributed by atoms with Crippen molar-refractivity contribution in [2.75, 3.05) is 13.2 Å². The molecule has 0 radical (unpaired) electrons. The fraction of sp³-hybridized carbons (Fsp3) is 0.357. The van der Waals surface area contributed by atoms with Crippen LogP contribution in [0.2, 0.25) is 0 Å². The minimum Gasteiger partial charge on any atom is -0.347 e. The van der Waals surface area contributed by atoms with Gasteiger partial charge >= 0.3 is 0 Å². The van der Waals surface area contributed by atoms with E-state index in [1.807, 2.05) is 13.8 Å².